The maximum absolute atomic E-state index is 12.0. The molecule has 9 N–H and O–H groups in total. The molecule has 13 heteroatoms. The first-order valence-corrected chi connectivity index (χ1v) is 16.7. The van der Waals surface area contributed by atoms with Crippen LogP contribution in [0.2, 0.25) is 0 Å². The summed E-state index contributed by atoms with van der Waals surface area (Å²) in [5, 5.41) is 93.1. The van der Waals surface area contributed by atoms with E-state index in [1.54, 1.807) is 0 Å². The number of fused-ring (bicyclic) bond motifs is 3. The second-order valence-electron chi connectivity index (χ2n) is 16.0. The molecular weight excluding hydrogens is 592 g/mol. The van der Waals surface area contributed by atoms with Crippen LogP contribution in [-0.2, 0) is 18.9 Å². The van der Waals surface area contributed by atoms with Crippen molar-refractivity contribution in [2.75, 3.05) is 19.8 Å². The van der Waals surface area contributed by atoms with Crippen molar-refractivity contribution in [1.82, 2.24) is 0 Å². The minimum Gasteiger partial charge on any atom is -0.394 e. The third-order valence-electron chi connectivity index (χ3n) is 13.3. The van der Waals surface area contributed by atoms with Crippen molar-refractivity contribution in [3.8, 4) is 0 Å². The van der Waals surface area contributed by atoms with Gasteiger partial charge in [-0.25, -0.2) is 0 Å². The summed E-state index contributed by atoms with van der Waals surface area (Å²) in [6, 6.07) is 0. The standard InChI is InChI=1S/C32H54O13/c1-29(2)18-6-9-31-10-15(32(41,13-31)14-42-27-25(39)23(37)21(35)16(11-33)43-27)4-5-19(31)30(18,3)8-7-20(29)45-28-26(40)24(38)22(36)17(12-34)44-28/h15-28,33-41H,4-14H2,1-3H3/t15-,16-,17-,18-,19+,20-,21-,22-,23+,24+,25-,26-,27-,28+,30-,31+,32+/m1/s1. The topological polar surface area (TPSA) is 219 Å². The Morgan fingerprint density at radius 3 is 1.91 bits per heavy atom. The van der Waals surface area contributed by atoms with Gasteiger partial charge < -0.3 is 64.9 Å². The number of ether oxygens (including phenoxy) is 4. The van der Waals surface area contributed by atoms with Crippen molar-refractivity contribution in [3.05, 3.63) is 0 Å². The van der Waals surface area contributed by atoms with Crippen LogP contribution in [0.5, 0.6) is 0 Å². The number of aliphatic hydroxyl groups is 9. The molecule has 0 aromatic heterocycles. The van der Waals surface area contributed by atoms with Crippen LogP contribution in [0.25, 0.3) is 0 Å². The average molecular weight is 647 g/mol. The van der Waals surface area contributed by atoms with Gasteiger partial charge in [0.1, 0.15) is 48.8 Å². The fourth-order valence-electron chi connectivity index (χ4n) is 11.0. The molecule has 0 radical (unpaired) electrons. The molecule has 260 valence electrons. The van der Waals surface area contributed by atoms with E-state index < -0.39 is 80.2 Å². The van der Waals surface area contributed by atoms with E-state index >= 15 is 0 Å². The van der Waals surface area contributed by atoms with E-state index in [2.05, 4.69) is 20.8 Å². The van der Waals surface area contributed by atoms with Crippen LogP contribution in [0.15, 0.2) is 0 Å². The van der Waals surface area contributed by atoms with Crippen LogP contribution in [0.3, 0.4) is 0 Å². The van der Waals surface area contributed by atoms with Gasteiger partial charge in [0.2, 0.25) is 0 Å². The molecule has 2 heterocycles. The van der Waals surface area contributed by atoms with Crippen molar-refractivity contribution in [2.45, 2.75) is 145 Å². The molecule has 0 aromatic carbocycles. The molecule has 17 atom stereocenters. The first-order chi connectivity index (χ1) is 21.1. The Morgan fingerprint density at radius 1 is 0.689 bits per heavy atom. The number of hydrogen-bond donors (Lipinski definition) is 9. The summed E-state index contributed by atoms with van der Waals surface area (Å²) in [5.41, 5.74) is -1.57. The predicted molar refractivity (Wildman–Crippen MR) is 155 cm³/mol. The zero-order chi connectivity index (χ0) is 32.7. The van der Waals surface area contributed by atoms with Crippen molar-refractivity contribution in [1.29, 1.82) is 0 Å². The van der Waals surface area contributed by atoms with Crippen molar-refractivity contribution in [2.24, 2.45) is 34.0 Å². The monoisotopic (exact) mass is 646 g/mol. The molecule has 4 aliphatic carbocycles. The van der Waals surface area contributed by atoms with Crippen LogP contribution < -0.4 is 0 Å². The summed E-state index contributed by atoms with van der Waals surface area (Å²) in [7, 11) is 0. The maximum Gasteiger partial charge on any atom is 0.186 e. The molecule has 0 amide bonds. The lowest BCUT2D eigenvalue weighted by atomic mass is 9.41. The summed E-state index contributed by atoms with van der Waals surface area (Å²) in [4.78, 5) is 0. The molecule has 2 aliphatic heterocycles. The maximum atomic E-state index is 12.0. The Hall–Kier alpha value is -0.520. The Labute approximate surface area is 264 Å². The zero-order valence-electron chi connectivity index (χ0n) is 26.5. The summed E-state index contributed by atoms with van der Waals surface area (Å²) < 4.78 is 23.5. The highest BCUT2D eigenvalue weighted by Gasteiger charge is 2.68. The predicted octanol–water partition coefficient (Wildman–Crippen LogP) is -1.24. The van der Waals surface area contributed by atoms with Gasteiger partial charge in [0.25, 0.3) is 0 Å². The number of hydrogen-bond acceptors (Lipinski definition) is 13. The van der Waals surface area contributed by atoms with Gasteiger partial charge in [-0.15, -0.1) is 0 Å². The quantitative estimate of drug-likeness (QED) is 0.148. The third kappa shape index (κ3) is 5.42. The van der Waals surface area contributed by atoms with Crippen LogP contribution in [0, 0.1) is 34.0 Å². The van der Waals surface area contributed by atoms with Gasteiger partial charge in [0.15, 0.2) is 12.6 Å². The molecular formula is C32H54O13. The third-order valence-corrected chi connectivity index (χ3v) is 13.3. The number of aliphatic hydroxyl groups excluding tert-OH is 8. The summed E-state index contributed by atoms with van der Waals surface area (Å²) in [6.07, 6.45) is -7.11. The van der Waals surface area contributed by atoms with Gasteiger partial charge in [-0.1, -0.05) is 20.8 Å². The Kier molecular flexibility index (Phi) is 9.25. The minimum absolute atomic E-state index is 0.0117. The second kappa shape index (κ2) is 12.1. The molecule has 6 fully saturated rings. The minimum atomic E-state index is -1.54. The molecule has 4 saturated carbocycles. The SMILES string of the molecule is CC1(C)[C@H]2CC[C@@]34C[C@@H](CC[C@H]3[C@]2(C)CC[C@H]1O[C@@H]1O[C@H](CO)[C@@H](O)[C@H](O)[C@H]1O)[C@@](O)(CO[C@@H]1O[C@H](CO)[C@@H](O)[C@H](O)[C@H]1O)C4. The van der Waals surface area contributed by atoms with Crippen LogP contribution >= 0.6 is 0 Å². The smallest absolute Gasteiger partial charge is 0.186 e. The van der Waals surface area contributed by atoms with Gasteiger partial charge in [-0.05, 0) is 85.4 Å². The van der Waals surface area contributed by atoms with Gasteiger partial charge in [0.05, 0.1) is 31.5 Å². The highest BCUT2D eigenvalue weighted by Crippen LogP contribution is 2.73. The first-order valence-electron chi connectivity index (χ1n) is 16.7. The van der Waals surface area contributed by atoms with E-state index in [0.717, 1.165) is 38.5 Å². The lowest BCUT2D eigenvalue weighted by Crippen LogP contribution is -2.63. The van der Waals surface area contributed by atoms with Gasteiger partial charge in [-0.2, -0.15) is 0 Å². The molecule has 2 bridgehead atoms. The summed E-state index contributed by atoms with van der Waals surface area (Å²) in [6.45, 7) is 5.60. The van der Waals surface area contributed by atoms with Crippen LogP contribution in [-0.4, -0.2) is 139 Å². The fraction of sp³-hybridized carbons (Fsp3) is 1.00. The lowest BCUT2D eigenvalue weighted by molar-refractivity contribution is -0.329. The fourth-order valence-corrected chi connectivity index (χ4v) is 11.0. The number of rotatable bonds is 7. The van der Waals surface area contributed by atoms with E-state index in [9.17, 15) is 46.0 Å². The molecule has 45 heavy (non-hydrogen) atoms. The normalized spacial score (nSPS) is 56.0. The van der Waals surface area contributed by atoms with E-state index in [1.807, 2.05) is 0 Å². The summed E-state index contributed by atoms with van der Waals surface area (Å²) in [5.74, 6) is 0.645. The molecule has 1 spiro atoms. The molecule has 0 unspecified atom stereocenters. The molecule has 2 saturated heterocycles. The Bertz CT molecular complexity index is 1060. The van der Waals surface area contributed by atoms with Gasteiger partial charge >= 0.3 is 0 Å². The highest BCUT2D eigenvalue weighted by atomic mass is 16.7. The first kappa shape index (κ1) is 34.3. The van der Waals surface area contributed by atoms with Gasteiger partial charge in [0, 0.05) is 0 Å². The zero-order valence-corrected chi connectivity index (χ0v) is 26.5. The molecule has 13 nitrogen and oxygen atoms in total. The lowest BCUT2D eigenvalue weighted by Gasteiger charge is -2.65. The van der Waals surface area contributed by atoms with Gasteiger partial charge in [-0.3, -0.25) is 0 Å². The summed E-state index contributed by atoms with van der Waals surface area (Å²) >= 11 is 0. The Balaban J connectivity index is 1.15. The van der Waals surface area contributed by atoms with Crippen molar-refractivity contribution in [3.63, 3.8) is 0 Å². The average Bonchev–Trinajstić information content (AvgIpc) is 3.21. The van der Waals surface area contributed by atoms with E-state index in [-0.39, 0.29) is 40.8 Å². The van der Waals surface area contributed by atoms with Crippen LogP contribution in [0.4, 0.5) is 0 Å². The van der Waals surface area contributed by atoms with E-state index in [4.69, 9.17) is 18.9 Å². The second-order valence-corrected chi connectivity index (χ2v) is 16.0. The largest absolute Gasteiger partial charge is 0.394 e. The van der Waals surface area contributed by atoms with Crippen molar-refractivity contribution >= 4 is 0 Å². The molecule has 6 aliphatic rings. The van der Waals surface area contributed by atoms with Crippen LogP contribution in [0.1, 0.15) is 72.1 Å². The van der Waals surface area contributed by atoms with E-state index in [1.165, 1.54) is 0 Å². The molecule has 0 aromatic rings. The van der Waals surface area contributed by atoms with Crippen molar-refractivity contribution < 1.29 is 64.9 Å². The highest BCUT2D eigenvalue weighted by molar-refractivity contribution is 5.17. The molecule has 6 rings (SSSR count). The van der Waals surface area contributed by atoms with E-state index in [0.29, 0.717) is 18.8 Å². The Morgan fingerprint density at radius 2 is 1.29 bits per heavy atom.